The Kier molecular flexibility index (Phi) is 9.23. The number of nitrogens with zero attached hydrogens (tertiary/aromatic N) is 1. The summed E-state index contributed by atoms with van der Waals surface area (Å²) in [6.45, 7) is 2.66. The van der Waals surface area contributed by atoms with Gasteiger partial charge in [-0.3, -0.25) is 23.8 Å². The monoisotopic (exact) mass is 582 g/mol. The Balaban J connectivity index is 1.91. The van der Waals surface area contributed by atoms with Crippen LogP contribution in [0, 0.1) is 0 Å². The highest BCUT2D eigenvalue weighted by Crippen LogP contribution is 2.51. The summed E-state index contributed by atoms with van der Waals surface area (Å²) in [5.74, 6) is -7.39. The summed E-state index contributed by atoms with van der Waals surface area (Å²) in [7, 11) is -4.83. The van der Waals surface area contributed by atoms with Crippen LogP contribution in [-0.4, -0.2) is 76.7 Å². The molecule has 2 N–H and O–H groups in total. The van der Waals surface area contributed by atoms with Crippen molar-refractivity contribution in [3.05, 3.63) is 42.6 Å². The molecule has 1 amide bonds. The first-order chi connectivity index (χ1) is 18.1. The number of allylic oxidation sites excluding steroid dienone is 1. The molecule has 39 heavy (non-hydrogen) atoms. The van der Waals surface area contributed by atoms with E-state index in [-0.39, 0.29) is 10.6 Å². The number of ether oxygens (including phenoxy) is 2. The van der Waals surface area contributed by atoms with E-state index in [1.54, 1.807) is 19.9 Å². The second kappa shape index (κ2) is 11.7. The molecule has 1 saturated heterocycles. The van der Waals surface area contributed by atoms with Gasteiger partial charge in [0.2, 0.25) is 12.1 Å². The molecule has 2 aliphatic heterocycles. The fourth-order valence-corrected chi connectivity index (χ4v) is 5.21. The first-order valence-corrected chi connectivity index (χ1v) is 13.2. The van der Waals surface area contributed by atoms with E-state index in [1.807, 2.05) is 0 Å². The largest absolute Gasteiger partial charge is 0.462 e. The fourth-order valence-electron chi connectivity index (χ4n) is 3.68. The number of benzene rings is 1. The lowest BCUT2D eigenvalue weighted by molar-refractivity contribution is -0.201. The van der Waals surface area contributed by atoms with Gasteiger partial charge in [0.1, 0.15) is 11.8 Å². The van der Waals surface area contributed by atoms with Crippen LogP contribution < -0.4 is 9.61 Å². The Morgan fingerprint density at radius 1 is 1.23 bits per heavy atom. The van der Waals surface area contributed by atoms with Gasteiger partial charge in [-0.05, 0) is 39.0 Å². The third kappa shape index (κ3) is 6.67. The number of amides is 1. The van der Waals surface area contributed by atoms with Gasteiger partial charge in [-0.15, -0.1) is 0 Å². The molecule has 1 aromatic carbocycles. The van der Waals surface area contributed by atoms with Crippen LogP contribution in [0.4, 0.5) is 17.6 Å². The van der Waals surface area contributed by atoms with Crippen LogP contribution in [0.5, 0.6) is 5.75 Å². The van der Waals surface area contributed by atoms with Crippen LogP contribution in [0.3, 0.4) is 0 Å². The molecule has 0 saturated carbocycles. The average molecular weight is 582 g/mol. The van der Waals surface area contributed by atoms with Gasteiger partial charge in [-0.2, -0.15) is 13.9 Å². The van der Waals surface area contributed by atoms with Crippen molar-refractivity contribution in [1.29, 1.82) is 0 Å². The highest BCUT2D eigenvalue weighted by molar-refractivity contribution is 7.52. The molecule has 16 heteroatoms. The molecule has 0 aromatic heterocycles. The van der Waals surface area contributed by atoms with Crippen molar-refractivity contribution >= 4 is 25.4 Å². The van der Waals surface area contributed by atoms with Crippen LogP contribution in [0.25, 0.3) is 0 Å². The summed E-state index contributed by atoms with van der Waals surface area (Å²) >= 11 is 0. The Labute approximate surface area is 220 Å². The van der Waals surface area contributed by atoms with Gasteiger partial charge in [0.15, 0.2) is 17.5 Å². The van der Waals surface area contributed by atoms with E-state index in [0.29, 0.717) is 6.20 Å². The molecule has 5 atom stereocenters. The van der Waals surface area contributed by atoms with Gasteiger partial charge < -0.3 is 19.1 Å². The Bertz CT molecular complexity index is 1150. The Hall–Kier alpha value is -2.84. The third-order valence-electron chi connectivity index (χ3n) is 5.63. The highest BCUT2D eigenvalue weighted by atomic mass is 31.2. The van der Waals surface area contributed by atoms with E-state index < -0.39 is 80.9 Å². The van der Waals surface area contributed by atoms with Crippen LogP contribution >= 0.6 is 7.75 Å². The molecule has 1 unspecified atom stereocenters. The number of esters is 1. The van der Waals surface area contributed by atoms with Gasteiger partial charge in [0.25, 0.3) is 6.43 Å². The molecule has 216 valence electrons. The molecule has 2 aliphatic rings. The Morgan fingerprint density at radius 3 is 2.44 bits per heavy atom. The minimum atomic E-state index is -4.83. The lowest BCUT2D eigenvalue weighted by Crippen LogP contribution is -2.55. The number of aliphatic hydroxyl groups is 1. The van der Waals surface area contributed by atoms with Crippen molar-refractivity contribution in [1.82, 2.24) is 9.99 Å². The first kappa shape index (κ1) is 30.7. The number of rotatable bonds is 11. The zero-order valence-electron chi connectivity index (χ0n) is 21.0. The van der Waals surface area contributed by atoms with E-state index in [2.05, 4.69) is 5.09 Å². The summed E-state index contributed by atoms with van der Waals surface area (Å²) in [4.78, 5) is 36.1. The number of carbonyl (C=O) groups excluding carboxylic acids is 3. The summed E-state index contributed by atoms with van der Waals surface area (Å²) in [6.07, 6.45) is -9.85. The predicted octanol–water partition coefficient (Wildman–Crippen LogP) is 2.79. The van der Waals surface area contributed by atoms with Crippen molar-refractivity contribution in [2.45, 2.75) is 69.6 Å². The van der Waals surface area contributed by atoms with E-state index in [4.69, 9.17) is 18.5 Å². The number of para-hydroxylation sites is 1. The predicted molar refractivity (Wildman–Crippen MR) is 125 cm³/mol. The fraction of sp³-hybridized carbons (Fsp3) is 0.522. The van der Waals surface area contributed by atoms with E-state index in [9.17, 15) is 32.8 Å². The SMILES string of the molecule is CC(C)OC(=O)[C@H](C)NP(=O)(OC[C@@]1(C(F)F)O[C@@H](N2C=CC(=O)CC2=O)C(F)(F)[C@@H]1O)Oc1ccccc1. The molecule has 3 rings (SSSR count). The topological polar surface area (TPSA) is 141 Å². The number of alkyl halides is 4. The molecule has 0 aliphatic carbocycles. The number of halogens is 4. The van der Waals surface area contributed by atoms with Crippen LogP contribution in [-0.2, 0) is 32.9 Å². The molecule has 2 heterocycles. The van der Waals surface area contributed by atoms with Crippen molar-refractivity contribution < 1.29 is 60.1 Å². The maximum Gasteiger partial charge on any atom is 0.459 e. The van der Waals surface area contributed by atoms with Crippen LogP contribution in [0.2, 0.25) is 0 Å². The summed E-state index contributed by atoms with van der Waals surface area (Å²) in [5.41, 5.74) is -3.51. The second-order valence-corrected chi connectivity index (χ2v) is 10.8. The number of aliphatic hydroxyl groups excluding tert-OH is 1. The lowest BCUT2D eigenvalue weighted by atomic mass is 9.95. The quantitative estimate of drug-likeness (QED) is 0.173. The zero-order chi connectivity index (χ0) is 29.2. The minimum Gasteiger partial charge on any atom is -0.462 e. The lowest BCUT2D eigenvalue weighted by Gasteiger charge is -2.33. The zero-order valence-corrected chi connectivity index (χ0v) is 21.9. The molecular weight excluding hydrogens is 555 g/mol. The molecule has 0 bridgehead atoms. The van der Waals surface area contributed by atoms with Crippen LogP contribution in [0.1, 0.15) is 27.2 Å². The molecule has 0 spiro atoms. The standard InChI is InChI=1S/C23H27F4N2O9P/c1-13(2)36-18(32)14(3)28-39(34,38-16-7-5-4-6-8-16)35-12-22(20(24)25)19(33)23(26,27)21(37-22)29-10-9-15(30)11-17(29)31/h4-10,13-14,19-21,33H,11-12H2,1-3H3,(H,28,34)/t14-,19+,21+,22+,39?/m0/s1. The number of carbonyl (C=O) groups is 3. The number of hydrogen-bond acceptors (Lipinski definition) is 9. The number of ketones is 1. The van der Waals surface area contributed by atoms with Crippen molar-refractivity contribution in [2.75, 3.05) is 6.61 Å². The van der Waals surface area contributed by atoms with Crippen LogP contribution in [0.15, 0.2) is 42.6 Å². The molecule has 1 fully saturated rings. The van der Waals surface area contributed by atoms with Crippen molar-refractivity contribution in [3.63, 3.8) is 0 Å². The molecule has 0 radical (unpaired) electrons. The van der Waals surface area contributed by atoms with Gasteiger partial charge in [0, 0.05) is 6.20 Å². The third-order valence-corrected chi connectivity index (χ3v) is 7.25. The van der Waals surface area contributed by atoms with E-state index >= 15 is 8.78 Å². The molecule has 11 nitrogen and oxygen atoms in total. The van der Waals surface area contributed by atoms with Gasteiger partial charge >= 0.3 is 19.6 Å². The Morgan fingerprint density at radius 2 is 1.87 bits per heavy atom. The number of nitrogens with one attached hydrogen (secondary N) is 1. The summed E-state index contributed by atoms with van der Waals surface area (Å²) < 4.78 is 92.7. The van der Waals surface area contributed by atoms with Gasteiger partial charge in [0.05, 0.1) is 19.1 Å². The summed E-state index contributed by atoms with van der Waals surface area (Å²) in [5, 5.41) is 12.5. The summed E-state index contributed by atoms with van der Waals surface area (Å²) in [6, 6.07) is 5.77. The van der Waals surface area contributed by atoms with Gasteiger partial charge in [-0.1, -0.05) is 18.2 Å². The maximum atomic E-state index is 15.1. The highest BCUT2D eigenvalue weighted by Gasteiger charge is 2.72. The molecular formula is C23H27F4N2O9P. The first-order valence-electron chi connectivity index (χ1n) is 11.6. The maximum absolute atomic E-state index is 15.1. The molecule has 1 aromatic rings. The van der Waals surface area contributed by atoms with E-state index in [0.717, 1.165) is 6.08 Å². The number of hydrogen-bond donors (Lipinski definition) is 2. The van der Waals surface area contributed by atoms with Crippen molar-refractivity contribution in [2.24, 2.45) is 0 Å². The van der Waals surface area contributed by atoms with Gasteiger partial charge in [-0.25, -0.2) is 13.3 Å². The smallest absolute Gasteiger partial charge is 0.459 e. The van der Waals surface area contributed by atoms with Crippen molar-refractivity contribution in [3.8, 4) is 5.75 Å². The van der Waals surface area contributed by atoms with E-state index in [1.165, 1.54) is 31.2 Å². The minimum absolute atomic E-state index is 0.103. The second-order valence-electron chi connectivity index (χ2n) is 9.07. The average Bonchev–Trinajstić information content (AvgIpc) is 3.04. The normalized spacial score (nSPS) is 27.1.